The number of halogens is 3. The van der Waals surface area contributed by atoms with Gasteiger partial charge in [-0.2, -0.15) is 5.26 Å². The highest BCUT2D eigenvalue weighted by Gasteiger charge is 2.43. The standard InChI is InChI=1S/C12H10ClF2NO3S/c13-20(17,18)10-6-8(14)5-9(15)11(10)19-7-12(1-2-12)3-4-16/h5-6H,1-3,7H2. The summed E-state index contributed by atoms with van der Waals surface area (Å²) in [6.45, 7) is -0.0114. The summed E-state index contributed by atoms with van der Waals surface area (Å²) in [5.74, 6) is -2.81. The van der Waals surface area contributed by atoms with E-state index in [1.54, 1.807) is 0 Å². The molecule has 1 fully saturated rings. The Morgan fingerprint density at radius 3 is 2.55 bits per heavy atom. The molecule has 0 unspecified atom stereocenters. The Labute approximate surface area is 119 Å². The van der Waals surface area contributed by atoms with Crippen LogP contribution in [0, 0.1) is 28.4 Å². The molecule has 2 rings (SSSR count). The molecule has 1 aromatic rings. The van der Waals surface area contributed by atoms with Crippen molar-refractivity contribution < 1.29 is 21.9 Å². The molecule has 1 aliphatic rings. The Bertz CT molecular complexity index is 681. The van der Waals surface area contributed by atoms with E-state index < -0.39 is 31.3 Å². The Morgan fingerprint density at radius 1 is 1.40 bits per heavy atom. The van der Waals surface area contributed by atoms with Gasteiger partial charge in [0.15, 0.2) is 11.6 Å². The Morgan fingerprint density at radius 2 is 2.05 bits per heavy atom. The van der Waals surface area contributed by atoms with Crippen molar-refractivity contribution in [2.24, 2.45) is 5.41 Å². The third kappa shape index (κ3) is 3.19. The van der Waals surface area contributed by atoms with Crippen molar-refractivity contribution in [2.45, 2.75) is 24.2 Å². The predicted molar refractivity (Wildman–Crippen MR) is 66.8 cm³/mol. The van der Waals surface area contributed by atoms with Crippen molar-refractivity contribution >= 4 is 19.7 Å². The molecule has 1 aliphatic carbocycles. The van der Waals surface area contributed by atoms with Crippen molar-refractivity contribution in [3.63, 3.8) is 0 Å². The first-order valence-electron chi connectivity index (χ1n) is 5.71. The summed E-state index contributed by atoms with van der Waals surface area (Å²) >= 11 is 0. The second-order valence-electron chi connectivity index (χ2n) is 4.78. The fraction of sp³-hybridized carbons (Fsp3) is 0.417. The lowest BCUT2D eigenvalue weighted by Gasteiger charge is -2.15. The SMILES string of the molecule is N#CCC1(COc2c(F)cc(F)cc2S(=O)(=O)Cl)CC1. The van der Waals surface area contributed by atoms with Gasteiger partial charge in [-0.15, -0.1) is 0 Å². The highest BCUT2D eigenvalue weighted by Crippen LogP contribution is 2.49. The van der Waals surface area contributed by atoms with Gasteiger partial charge in [-0.25, -0.2) is 17.2 Å². The van der Waals surface area contributed by atoms with Crippen LogP contribution in [-0.4, -0.2) is 15.0 Å². The van der Waals surface area contributed by atoms with Crippen LogP contribution in [0.5, 0.6) is 5.75 Å². The topological polar surface area (TPSA) is 67.2 Å². The van der Waals surface area contributed by atoms with Crippen molar-refractivity contribution in [3.05, 3.63) is 23.8 Å². The molecule has 0 heterocycles. The van der Waals surface area contributed by atoms with Crippen LogP contribution in [0.15, 0.2) is 17.0 Å². The summed E-state index contributed by atoms with van der Waals surface area (Å²) in [5, 5.41) is 8.67. The average molecular weight is 322 g/mol. The molecular weight excluding hydrogens is 312 g/mol. The van der Waals surface area contributed by atoms with E-state index in [9.17, 15) is 17.2 Å². The van der Waals surface area contributed by atoms with E-state index in [0.29, 0.717) is 12.1 Å². The maximum atomic E-state index is 13.7. The minimum Gasteiger partial charge on any atom is -0.488 e. The third-order valence-corrected chi connectivity index (χ3v) is 4.50. The third-order valence-electron chi connectivity index (χ3n) is 3.17. The number of hydrogen-bond donors (Lipinski definition) is 0. The second-order valence-corrected chi connectivity index (χ2v) is 7.31. The van der Waals surface area contributed by atoms with Crippen LogP contribution in [0.4, 0.5) is 8.78 Å². The van der Waals surface area contributed by atoms with E-state index in [1.807, 2.05) is 6.07 Å². The second kappa shape index (κ2) is 5.19. The highest BCUT2D eigenvalue weighted by atomic mass is 35.7. The average Bonchev–Trinajstić information content (AvgIpc) is 3.06. The summed E-state index contributed by atoms with van der Waals surface area (Å²) in [6, 6.07) is 3.12. The molecule has 108 valence electrons. The minimum atomic E-state index is -4.34. The number of benzene rings is 1. The summed E-state index contributed by atoms with van der Waals surface area (Å²) in [5.41, 5.74) is -0.372. The van der Waals surface area contributed by atoms with Gasteiger partial charge in [-0.05, 0) is 18.9 Å². The number of nitrogens with zero attached hydrogens (tertiary/aromatic N) is 1. The van der Waals surface area contributed by atoms with Crippen molar-refractivity contribution in [2.75, 3.05) is 6.61 Å². The molecule has 0 aromatic heterocycles. The van der Waals surface area contributed by atoms with E-state index in [4.69, 9.17) is 20.7 Å². The van der Waals surface area contributed by atoms with Crippen LogP contribution < -0.4 is 4.74 Å². The van der Waals surface area contributed by atoms with Gasteiger partial charge in [0.25, 0.3) is 9.05 Å². The zero-order valence-electron chi connectivity index (χ0n) is 10.2. The van der Waals surface area contributed by atoms with E-state index in [-0.39, 0.29) is 18.4 Å². The molecule has 0 atom stereocenters. The lowest BCUT2D eigenvalue weighted by Crippen LogP contribution is -2.14. The molecule has 8 heteroatoms. The normalized spacial score (nSPS) is 16.5. The van der Waals surface area contributed by atoms with E-state index in [2.05, 4.69) is 0 Å². The molecular formula is C12H10ClF2NO3S. The molecule has 0 spiro atoms. The lowest BCUT2D eigenvalue weighted by molar-refractivity contribution is 0.221. The first-order valence-corrected chi connectivity index (χ1v) is 8.02. The fourth-order valence-electron chi connectivity index (χ4n) is 1.80. The first kappa shape index (κ1) is 15.0. The summed E-state index contributed by atoms with van der Waals surface area (Å²) in [6.07, 6.45) is 1.72. The van der Waals surface area contributed by atoms with Crippen LogP contribution in [-0.2, 0) is 9.05 Å². The quantitative estimate of drug-likeness (QED) is 0.782. The highest BCUT2D eigenvalue weighted by molar-refractivity contribution is 8.13. The molecule has 0 radical (unpaired) electrons. The van der Waals surface area contributed by atoms with Gasteiger partial charge in [0.2, 0.25) is 0 Å². The van der Waals surface area contributed by atoms with E-state index >= 15 is 0 Å². The minimum absolute atomic E-state index is 0.0114. The zero-order chi connectivity index (χ0) is 15.0. The summed E-state index contributed by atoms with van der Waals surface area (Å²) in [4.78, 5) is -0.746. The van der Waals surface area contributed by atoms with Crippen molar-refractivity contribution in [1.82, 2.24) is 0 Å². The van der Waals surface area contributed by atoms with E-state index in [0.717, 1.165) is 12.8 Å². The molecule has 20 heavy (non-hydrogen) atoms. The van der Waals surface area contributed by atoms with Gasteiger partial charge < -0.3 is 4.74 Å². The number of hydrogen-bond acceptors (Lipinski definition) is 4. The molecule has 0 N–H and O–H groups in total. The van der Waals surface area contributed by atoms with Crippen LogP contribution in [0.25, 0.3) is 0 Å². The predicted octanol–water partition coefficient (Wildman–Crippen LogP) is 2.96. The fourth-order valence-corrected chi connectivity index (χ4v) is 2.77. The van der Waals surface area contributed by atoms with Crippen LogP contribution in [0.2, 0.25) is 0 Å². The monoisotopic (exact) mass is 321 g/mol. The largest absolute Gasteiger partial charge is 0.488 e. The molecule has 0 amide bonds. The van der Waals surface area contributed by atoms with Gasteiger partial charge in [-0.1, -0.05) is 0 Å². The zero-order valence-corrected chi connectivity index (χ0v) is 11.8. The molecule has 4 nitrogen and oxygen atoms in total. The van der Waals surface area contributed by atoms with Gasteiger partial charge in [0.1, 0.15) is 10.7 Å². The molecule has 0 bridgehead atoms. The molecule has 0 aliphatic heterocycles. The van der Waals surface area contributed by atoms with Crippen molar-refractivity contribution in [3.8, 4) is 11.8 Å². The van der Waals surface area contributed by atoms with Gasteiger partial charge in [-0.3, -0.25) is 0 Å². The van der Waals surface area contributed by atoms with Gasteiger partial charge in [0.05, 0.1) is 12.7 Å². The Kier molecular flexibility index (Phi) is 3.89. The number of ether oxygens (including phenoxy) is 1. The number of rotatable bonds is 5. The first-order chi connectivity index (χ1) is 9.27. The van der Waals surface area contributed by atoms with Crippen molar-refractivity contribution in [1.29, 1.82) is 5.26 Å². The van der Waals surface area contributed by atoms with Gasteiger partial charge >= 0.3 is 0 Å². The molecule has 0 saturated heterocycles. The molecule has 1 saturated carbocycles. The Balaban J connectivity index is 2.30. The Hall–Kier alpha value is -1.39. The van der Waals surface area contributed by atoms with E-state index in [1.165, 1.54) is 0 Å². The van der Waals surface area contributed by atoms with Crippen LogP contribution in [0.1, 0.15) is 19.3 Å². The number of nitriles is 1. The van der Waals surface area contributed by atoms with Crippen LogP contribution in [0.3, 0.4) is 0 Å². The summed E-state index contributed by atoms with van der Waals surface area (Å²) in [7, 11) is 0.805. The van der Waals surface area contributed by atoms with Gasteiger partial charge in [0, 0.05) is 28.6 Å². The molecule has 1 aromatic carbocycles. The maximum absolute atomic E-state index is 13.7. The smallest absolute Gasteiger partial charge is 0.265 e. The maximum Gasteiger partial charge on any atom is 0.265 e. The lowest BCUT2D eigenvalue weighted by atomic mass is 10.1. The summed E-state index contributed by atoms with van der Waals surface area (Å²) < 4.78 is 54.6. The van der Waals surface area contributed by atoms with Crippen LogP contribution >= 0.6 is 10.7 Å².